The molecule has 1 heterocycles. The van der Waals surface area contributed by atoms with Crippen LogP contribution in [0.3, 0.4) is 0 Å². The van der Waals surface area contributed by atoms with E-state index in [9.17, 15) is 4.79 Å². The summed E-state index contributed by atoms with van der Waals surface area (Å²) in [7, 11) is 0. The van der Waals surface area contributed by atoms with Crippen molar-refractivity contribution in [3.63, 3.8) is 0 Å². The standard InChI is InChI=1S/C16H24N2O2S/c1-2-18-8-9-20-14(12-18)11-17-16(19)15(21)10-13-6-4-3-5-7-13/h3-7,14-15,21H,2,8-12H2,1H3,(H,17,19). The smallest absolute Gasteiger partial charge is 0.233 e. The maximum absolute atomic E-state index is 12.1. The van der Waals surface area contributed by atoms with E-state index in [1.54, 1.807) is 0 Å². The van der Waals surface area contributed by atoms with Gasteiger partial charge in [-0.1, -0.05) is 37.3 Å². The molecular formula is C16H24N2O2S. The summed E-state index contributed by atoms with van der Waals surface area (Å²) in [4.78, 5) is 14.4. The van der Waals surface area contributed by atoms with Crippen molar-refractivity contribution in [2.75, 3.05) is 32.8 Å². The third kappa shape index (κ3) is 5.34. The molecule has 21 heavy (non-hydrogen) atoms. The molecule has 1 aromatic rings. The zero-order valence-corrected chi connectivity index (χ0v) is 13.4. The van der Waals surface area contributed by atoms with E-state index in [1.807, 2.05) is 30.3 Å². The molecule has 0 aromatic heterocycles. The molecule has 1 aliphatic rings. The van der Waals surface area contributed by atoms with Gasteiger partial charge in [-0.05, 0) is 18.5 Å². The number of benzene rings is 1. The number of amides is 1. The van der Waals surface area contributed by atoms with Gasteiger partial charge in [-0.15, -0.1) is 0 Å². The number of nitrogens with zero attached hydrogens (tertiary/aromatic N) is 1. The van der Waals surface area contributed by atoms with Crippen LogP contribution in [0, 0.1) is 0 Å². The third-order valence-electron chi connectivity index (χ3n) is 3.75. The SMILES string of the molecule is CCN1CCOC(CNC(=O)C(S)Cc2ccccc2)C1. The summed E-state index contributed by atoms with van der Waals surface area (Å²) in [5.41, 5.74) is 1.12. The molecule has 1 N–H and O–H groups in total. The van der Waals surface area contributed by atoms with Crippen LogP contribution in [0.1, 0.15) is 12.5 Å². The predicted molar refractivity (Wildman–Crippen MR) is 87.8 cm³/mol. The summed E-state index contributed by atoms with van der Waals surface area (Å²) in [6.07, 6.45) is 0.725. The fourth-order valence-electron chi connectivity index (χ4n) is 2.45. The molecule has 0 spiro atoms. The number of ether oxygens (including phenoxy) is 1. The number of hydrogen-bond donors (Lipinski definition) is 2. The Bertz CT molecular complexity index is 441. The van der Waals surface area contributed by atoms with Crippen LogP contribution >= 0.6 is 12.6 Å². The molecule has 1 aromatic carbocycles. The Balaban J connectivity index is 1.73. The van der Waals surface area contributed by atoms with Crippen LogP contribution in [0.15, 0.2) is 30.3 Å². The summed E-state index contributed by atoms with van der Waals surface area (Å²) in [6.45, 7) is 6.32. The van der Waals surface area contributed by atoms with Gasteiger partial charge in [0.2, 0.25) is 5.91 Å². The van der Waals surface area contributed by atoms with E-state index in [0.717, 1.165) is 31.8 Å². The van der Waals surface area contributed by atoms with Crippen molar-refractivity contribution in [3.8, 4) is 0 Å². The lowest BCUT2D eigenvalue weighted by molar-refractivity contribution is -0.121. The van der Waals surface area contributed by atoms with E-state index in [4.69, 9.17) is 4.74 Å². The minimum Gasteiger partial charge on any atom is -0.374 e. The van der Waals surface area contributed by atoms with Crippen LogP contribution in [-0.2, 0) is 16.0 Å². The highest BCUT2D eigenvalue weighted by Crippen LogP contribution is 2.08. The van der Waals surface area contributed by atoms with E-state index in [2.05, 4.69) is 29.8 Å². The first kappa shape index (κ1) is 16.3. The Kier molecular flexibility index (Phi) is 6.54. The van der Waals surface area contributed by atoms with E-state index in [-0.39, 0.29) is 17.3 Å². The van der Waals surface area contributed by atoms with Crippen LogP contribution in [-0.4, -0.2) is 54.9 Å². The van der Waals surface area contributed by atoms with Gasteiger partial charge in [0.1, 0.15) is 0 Å². The number of morpholine rings is 1. The second-order valence-electron chi connectivity index (χ2n) is 5.34. The van der Waals surface area contributed by atoms with Crippen molar-refractivity contribution in [1.29, 1.82) is 0 Å². The molecule has 1 fully saturated rings. The number of carbonyl (C=O) groups is 1. The number of hydrogen-bond acceptors (Lipinski definition) is 4. The second-order valence-corrected chi connectivity index (χ2v) is 5.96. The largest absolute Gasteiger partial charge is 0.374 e. The Morgan fingerprint density at radius 1 is 1.48 bits per heavy atom. The molecular weight excluding hydrogens is 284 g/mol. The number of rotatable bonds is 6. The van der Waals surface area contributed by atoms with Gasteiger partial charge < -0.3 is 10.1 Å². The average Bonchev–Trinajstić information content (AvgIpc) is 2.53. The van der Waals surface area contributed by atoms with Crippen LogP contribution in [0.5, 0.6) is 0 Å². The normalized spacial score (nSPS) is 21.0. The summed E-state index contributed by atoms with van der Waals surface area (Å²) < 4.78 is 5.68. The molecule has 1 amide bonds. The summed E-state index contributed by atoms with van der Waals surface area (Å²) in [5, 5.41) is 2.63. The molecule has 0 bridgehead atoms. The molecule has 2 unspecified atom stereocenters. The first-order valence-corrected chi connectivity index (χ1v) is 8.04. The first-order chi connectivity index (χ1) is 10.2. The fourth-order valence-corrected chi connectivity index (χ4v) is 2.76. The Hall–Kier alpha value is -1.04. The average molecular weight is 308 g/mol. The maximum Gasteiger partial charge on any atom is 0.233 e. The quantitative estimate of drug-likeness (QED) is 0.780. The molecule has 0 aliphatic carbocycles. The lowest BCUT2D eigenvalue weighted by Gasteiger charge is -2.32. The van der Waals surface area contributed by atoms with Gasteiger partial charge in [-0.3, -0.25) is 9.69 Å². The summed E-state index contributed by atoms with van der Waals surface area (Å²) in [5.74, 6) is -0.0283. The lowest BCUT2D eigenvalue weighted by Crippen LogP contribution is -2.48. The Morgan fingerprint density at radius 3 is 2.95 bits per heavy atom. The predicted octanol–water partition coefficient (Wildman–Crippen LogP) is 1.36. The van der Waals surface area contributed by atoms with Crippen molar-refractivity contribution < 1.29 is 9.53 Å². The number of nitrogens with one attached hydrogen (secondary N) is 1. The minimum atomic E-state index is -0.321. The Labute approximate surface area is 132 Å². The molecule has 0 saturated carbocycles. The summed E-state index contributed by atoms with van der Waals surface area (Å²) >= 11 is 4.41. The van der Waals surface area contributed by atoms with E-state index >= 15 is 0 Å². The molecule has 5 heteroatoms. The number of likely N-dealkylation sites (N-methyl/N-ethyl adjacent to an activating group) is 1. The van der Waals surface area contributed by atoms with Crippen LogP contribution in [0.25, 0.3) is 0 Å². The van der Waals surface area contributed by atoms with Crippen molar-refractivity contribution in [3.05, 3.63) is 35.9 Å². The molecule has 2 atom stereocenters. The van der Waals surface area contributed by atoms with Gasteiger partial charge in [-0.2, -0.15) is 12.6 Å². The number of thiol groups is 1. The van der Waals surface area contributed by atoms with E-state index < -0.39 is 0 Å². The first-order valence-electron chi connectivity index (χ1n) is 7.52. The molecule has 1 saturated heterocycles. The van der Waals surface area contributed by atoms with Gasteiger partial charge in [0.15, 0.2) is 0 Å². The monoisotopic (exact) mass is 308 g/mol. The van der Waals surface area contributed by atoms with Crippen molar-refractivity contribution in [1.82, 2.24) is 10.2 Å². The molecule has 2 rings (SSSR count). The van der Waals surface area contributed by atoms with Gasteiger partial charge in [0.05, 0.1) is 18.0 Å². The van der Waals surface area contributed by atoms with E-state index in [0.29, 0.717) is 13.0 Å². The molecule has 0 radical (unpaired) electrons. The van der Waals surface area contributed by atoms with Crippen molar-refractivity contribution in [2.24, 2.45) is 0 Å². The van der Waals surface area contributed by atoms with Crippen LogP contribution in [0.2, 0.25) is 0 Å². The van der Waals surface area contributed by atoms with Crippen molar-refractivity contribution in [2.45, 2.75) is 24.7 Å². The zero-order valence-electron chi connectivity index (χ0n) is 12.5. The van der Waals surface area contributed by atoms with Gasteiger partial charge in [-0.25, -0.2) is 0 Å². The topological polar surface area (TPSA) is 41.6 Å². The van der Waals surface area contributed by atoms with Gasteiger partial charge in [0, 0.05) is 19.6 Å². The van der Waals surface area contributed by atoms with Crippen molar-refractivity contribution >= 4 is 18.5 Å². The lowest BCUT2D eigenvalue weighted by atomic mass is 10.1. The molecule has 116 valence electrons. The van der Waals surface area contributed by atoms with Gasteiger partial charge >= 0.3 is 0 Å². The van der Waals surface area contributed by atoms with Crippen LogP contribution < -0.4 is 5.32 Å². The molecule has 1 aliphatic heterocycles. The Morgan fingerprint density at radius 2 is 2.24 bits per heavy atom. The third-order valence-corrected chi connectivity index (χ3v) is 4.17. The highest BCUT2D eigenvalue weighted by atomic mass is 32.1. The van der Waals surface area contributed by atoms with E-state index in [1.165, 1.54) is 0 Å². The highest BCUT2D eigenvalue weighted by Gasteiger charge is 2.21. The summed E-state index contributed by atoms with van der Waals surface area (Å²) in [6, 6.07) is 9.95. The maximum atomic E-state index is 12.1. The van der Waals surface area contributed by atoms with Gasteiger partial charge in [0.25, 0.3) is 0 Å². The minimum absolute atomic E-state index is 0.0283. The fraction of sp³-hybridized carbons (Fsp3) is 0.562. The van der Waals surface area contributed by atoms with Crippen LogP contribution in [0.4, 0.5) is 0 Å². The number of carbonyl (C=O) groups excluding carboxylic acids is 1. The second kappa shape index (κ2) is 8.41. The molecule has 4 nitrogen and oxygen atoms in total. The zero-order chi connectivity index (χ0) is 15.1. The highest BCUT2D eigenvalue weighted by molar-refractivity contribution is 7.81.